The van der Waals surface area contributed by atoms with Crippen LogP contribution in [0.2, 0.25) is 0 Å². The smallest absolute Gasteiger partial charge is 0.0478 e. The fraction of sp³-hybridized carbons (Fsp3) is 0.0769. The minimum absolute atomic E-state index is 0.629. The molecule has 0 unspecified atom stereocenters. The van der Waals surface area contributed by atoms with Crippen molar-refractivity contribution in [1.82, 2.24) is 0 Å². The minimum Gasteiger partial charge on any atom is -0.0984 e. The SMILES string of the molecule is C=C/C(Cl)=C(\C=C)c1ccc(C)cc1. The van der Waals surface area contributed by atoms with E-state index in [9.17, 15) is 0 Å². The zero-order chi connectivity index (χ0) is 10.6. The van der Waals surface area contributed by atoms with Gasteiger partial charge in [-0.1, -0.05) is 66.7 Å². The molecule has 0 saturated heterocycles. The van der Waals surface area contributed by atoms with E-state index < -0.39 is 0 Å². The predicted molar refractivity (Wildman–Crippen MR) is 64.3 cm³/mol. The van der Waals surface area contributed by atoms with Crippen molar-refractivity contribution in [2.75, 3.05) is 0 Å². The van der Waals surface area contributed by atoms with Crippen LogP contribution in [0.5, 0.6) is 0 Å². The number of aryl methyl sites for hydroxylation is 1. The maximum absolute atomic E-state index is 6.00. The molecule has 0 aliphatic heterocycles. The molecule has 0 nitrogen and oxygen atoms in total. The molecule has 0 bridgehead atoms. The Bertz CT molecular complexity index is 369. The third kappa shape index (κ3) is 2.36. The van der Waals surface area contributed by atoms with E-state index in [1.54, 1.807) is 12.2 Å². The van der Waals surface area contributed by atoms with E-state index >= 15 is 0 Å². The molecular formula is C13H13Cl. The van der Waals surface area contributed by atoms with Crippen molar-refractivity contribution in [2.24, 2.45) is 0 Å². The summed E-state index contributed by atoms with van der Waals surface area (Å²) in [5.74, 6) is 0. The van der Waals surface area contributed by atoms with Crippen LogP contribution in [0.3, 0.4) is 0 Å². The van der Waals surface area contributed by atoms with Gasteiger partial charge in [0, 0.05) is 5.03 Å². The average molecular weight is 205 g/mol. The van der Waals surface area contributed by atoms with Gasteiger partial charge in [-0.15, -0.1) is 0 Å². The molecule has 0 spiro atoms. The van der Waals surface area contributed by atoms with Gasteiger partial charge in [-0.3, -0.25) is 0 Å². The molecule has 1 aromatic carbocycles. The van der Waals surface area contributed by atoms with Crippen LogP contribution < -0.4 is 0 Å². The first-order chi connectivity index (χ1) is 6.69. The standard InChI is InChI=1S/C13H13Cl/c1-4-12(13(14)5-2)11-8-6-10(3)7-9-11/h4-9H,1-2H2,3H3/b13-12-. The van der Waals surface area contributed by atoms with Crippen LogP contribution in [0.1, 0.15) is 11.1 Å². The van der Waals surface area contributed by atoms with Crippen molar-refractivity contribution in [3.8, 4) is 0 Å². The van der Waals surface area contributed by atoms with E-state index in [-0.39, 0.29) is 0 Å². The zero-order valence-corrected chi connectivity index (χ0v) is 9.01. The van der Waals surface area contributed by atoms with Gasteiger partial charge in [-0.2, -0.15) is 0 Å². The average Bonchev–Trinajstić information content (AvgIpc) is 2.21. The third-order valence-electron chi connectivity index (χ3n) is 2.00. The number of hydrogen-bond donors (Lipinski definition) is 0. The molecule has 0 heterocycles. The monoisotopic (exact) mass is 204 g/mol. The first-order valence-corrected chi connectivity index (χ1v) is 4.78. The second-order valence-electron chi connectivity index (χ2n) is 3.04. The van der Waals surface area contributed by atoms with Crippen LogP contribution in [-0.2, 0) is 0 Å². The summed E-state index contributed by atoms with van der Waals surface area (Å²) >= 11 is 6.00. The highest BCUT2D eigenvalue weighted by molar-refractivity contribution is 6.34. The molecule has 0 fully saturated rings. The molecule has 1 rings (SSSR count). The normalized spacial score (nSPS) is 11.9. The molecule has 1 aromatic rings. The lowest BCUT2D eigenvalue weighted by Gasteiger charge is -2.04. The van der Waals surface area contributed by atoms with Crippen molar-refractivity contribution < 1.29 is 0 Å². The molecule has 0 atom stereocenters. The van der Waals surface area contributed by atoms with E-state index in [0.29, 0.717) is 5.03 Å². The Morgan fingerprint density at radius 2 is 1.71 bits per heavy atom. The largest absolute Gasteiger partial charge is 0.0984 e. The van der Waals surface area contributed by atoms with Crippen molar-refractivity contribution in [2.45, 2.75) is 6.92 Å². The van der Waals surface area contributed by atoms with Crippen molar-refractivity contribution in [1.29, 1.82) is 0 Å². The first kappa shape index (κ1) is 10.8. The van der Waals surface area contributed by atoms with Gasteiger partial charge in [0.15, 0.2) is 0 Å². The Labute approximate surface area is 90.2 Å². The summed E-state index contributed by atoms with van der Waals surface area (Å²) in [5.41, 5.74) is 3.21. The molecule has 0 N–H and O–H groups in total. The lowest BCUT2D eigenvalue weighted by Crippen LogP contribution is -1.83. The molecule has 0 aliphatic rings. The summed E-state index contributed by atoms with van der Waals surface area (Å²) in [6.07, 6.45) is 3.37. The van der Waals surface area contributed by atoms with Gasteiger partial charge in [0.2, 0.25) is 0 Å². The summed E-state index contributed by atoms with van der Waals surface area (Å²) < 4.78 is 0. The molecule has 0 amide bonds. The maximum Gasteiger partial charge on any atom is 0.0478 e. The Balaban J connectivity index is 3.20. The minimum atomic E-state index is 0.629. The van der Waals surface area contributed by atoms with E-state index in [2.05, 4.69) is 20.1 Å². The van der Waals surface area contributed by atoms with E-state index in [1.807, 2.05) is 24.3 Å². The lowest BCUT2D eigenvalue weighted by atomic mass is 10.0. The number of allylic oxidation sites excluding steroid dienone is 4. The summed E-state index contributed by atoms with van der Waals surface area (Å²) in [5, 5.41) is 0.629. The van der Waals surface area contributed by atoms with Crippen LogP contribution in [0.25, 0.3) is 5.57 Å². The highest BCUT2D eigenvalue weighted by Crippen LogP contribution is 2.23. The quantitative estimate of drug-likeness (QED) is 0.644. The highest BCUT2D eigenvalue weighted by Gasteiger charge is 2.00. The molecule has 72 valence electrons. The second kappa shape index (κ2) is 4.83. The zero-order valence-electron chi connectivity index (χ0n) is 8.26. The van der Waals surface area contributed by atoms with Crippen LogP contribution >= 0.6 is 11.6 Å². The van der Waals surface area contributed by atoms with Crippen LogP contribution in [-0.4, -0.2) is 0 Å². The molecule has 14 heavy (non-hydrogen) atoms. The van der Waals surface area contributed by atoms with Gasteiger partial charge >= 0.3 is 0 Å². The van der Waals surface area contributed by atoms with Gasteiger partial charge in [-0.25, -0.2) is 0 Å². The Kier molecular flexibility index (Phi) is 3.73. The van der Waals surface area contributed by atoms with Crippen LogP contribution in [0.15, 0.2) is 54.6 Å². The highest BCUT2D eigenvalue weighted by atomic mass is 35.5. The molecular weight excluding hydrogens is 192 g/mol. The lowest BCUT2D eigenvalue weighted by molar-refractivity contribution is 1.45. The number of benzene rings is 1. The molecule has 0 aromatic heterocycles. The number of rotatable bonds is 3. The Hall–Kier alpha value is -1.27. The van der Waals surface area contributed by atoms with Crippen LogP contribution in [0.4, 0.5) is 0 Å². The fourth-order valence-corrected chi connectivity index (χ4v) is 1.38. The molecule has 0 saturated carbocycles. The van der Waals surface area contributed by atoms with E-state index in [0.717, 1.165) is 11.1 Å². The van der Waals surface area contributed by atoms with E-state index in [1.165, 1.54) is 5.56 Å². The third-order valence-corrected chi connectivity index (χ3v) is 2.36. The predicted octanol–water partition coefficient (Wildman–Crippen LogP) is 4.32. The Morgan fingerprint density at radius 1 is 1.14 bits per heavy atom. The summed E-state index contributed by atoms with van der Waals surface area (Å²) in [6.45, 7) is 9.43. The summed E-state index contributed by atoms with van der Waals surface area (Å²) in [7, 11) is 0. The first-order valence-electron chi connectivity index (χ1n) is 4.40. The van der Waals surface area contributed by atoms with Crippen molar-refractivity contribution in [3.05, 3.63) is 65.7 Å². The van der Waals surface area contributed by atoms with Gasteiger partial charge in [0.25, 0.3) is 0 Å². The Morgan fingerprint density at radius 3 is 2.14 bits per heavy atom. The summed E-state index contributed by atoms with van der Waals surface area (Å²) in [6, 6.07) is 8.15. The summed E-state index contributed by atoms with van der Waals surface area (Å²) in [4.78, 5) is 0. The fourth-order valence-electron chi connectivity index (χ4n) is 1.20. The van der Waals surface area contributed by atoms with Gasteiger partial charge < -0.3 is 0 Å². The van der Waals surface area contributed by atoms with E-state index in [4.69, 9.17) is 11.6 Å². The van der Waals surface area contributed by atoms with Gasteiger partial charge in [0.05, 0.1) is 0 Å². The molecule has 0 aliphatic carbocycles. The maximum atomic E-state index is 6.00. The second-order valence-corrected chi connectivity index (χ2v) is 3.44. The van der Waals surface area contributed by atoms with Crippen molar-refractivity contribution in [3.63, 3.8) is 0 Å². The number of hydrogen-bond acceptors (Lipinski definition) is 0. The van der Waals surface area contributed by atoms with Crippen LogP contribution in [0, 0.1) is 6.92 Å². The molecule has 1 heteroatoms. The van der Waals surface area contributed by atoms with Crippen molar-refractivity contribution >= 4 is 17.2 Å². The molecule has 0 radical (unpaired) electrons. The number of halogens is 1. The topological polar surface area (TPSA) is 0 Å². The van der Waals surface area contributed by atoms with Gasteiger partial charge in [0.1, 0.15) is 0 Å². The van der Waals surface area contributed by atoms with Gasteiger partial charge in [-0.05, 0) is 18.1 Å².